The molecule has 0 aromatic heterocycles. The Morgan fingerprint density at radius 2 is 1.87 bits per heavy atom. The second-order valence-corrected chi connectivity index (χ2v) is 4.68. The highest BCUT2D eigenvalue weighted by Gasteiger charge is 2.27. The summed E-state index contributed by atoms with van der Waals surface area (Å²) in [6.07, 6.45) is 6.15. The molecule has 0 saturated carbocycles. The van der Waals surface area contributed by atoms with Crippen LogP contribution in [0.15, 0.2) is 0 Å². The van der Waals surface area contributed by atoms with Gasteiger partial charge in [-0.1, -0.05) is 0 Å². The molecule has 1 aliphatic heterocycles. The summed E-state index contributed by atoms with van der Waals surface area (Å²) in [5, 5.41) is 0. The minimum absolute atomic E-state index is 0.322. The number of hydrogen-bond acceptors (Lipinski definition) is 2. The van der Waals surface area contributed by atoms with Crippen LogP contribution >= 0.6 is 0 Å². The first-order valence-corrected chi connectivity index (χ1v) is 6.18. The molecule has 0 radical (unpaired) electrons. The van der Waals surface area contributed by atoms with Crippen molar-refractivity contribution in [1.82, 2.24) is 4.90 Å². The largest absolute Gasteiger partial charge is 0.337 e. The maximum atomic E-state index is 12.0. The van der Waals surface area contributed by atoms with Crippen LogP contribution in [0.5, 0.6) is 0 Å². The Morgan fingerprint density at radius 1 is 1.27 bits per heavy atom. The summed E-state index contributed by atoms with van der Waals surface area (Å²) in [7, 11) is 0. The third-order valence-corrected chi connectivity index (χ3v) is 3.33. The Labute approximate surface area is 93.0 Å². The van der Waals surface area contributed by atoms with Gasteiger partial charge in [-0.05, 0) is 52.5 Å². The van der Waals surface area contributed by atoms with E-state index in [0.717, 1.165) is 25.7 Å². The molecule has 0 aromatic rings. The van der Waals surface area contributed by atoms with Crippen LogP contribution in [-0.2, 0) is 4.79 Å². The van der Waals surface area contributed by atoms with Gasteiger partial charge in [-0.2, -0.15) is 0 Å². The highest BCUT2D eigenvalue weighted by atomic mass is 16.2. The van der Waals surface area contributed by atoms with Crippen molar-refractivity contribution in [2.24, 2.45) is 5.73 Å². The van der Waals surface area contributed by atoms with Gasteiger partial charge in [-0.15, -0.1) is 0 Å². The molecule has 0 bridgehead atoms. The molecule has 1 fully saturated rings. The smallest absolute Gasteiger partial charge is 0.223 e. The number of carbonyl (C=O) groups excluding carboxylic acids is 1. The van der Waals surface area contributed by atoms with Crippen LogP contribution in [0.4, 0.5) is 0 Å². The van der Waals surface area contributed by atoms with Gasteiger partial charge in [0.25, 0.3) is 0 Å². The molecule has 2 atom stereocenters. The van der Waals surface area contributed by atoms with E-state index in [2.05, 4.69) is 18.7 Å². The minimum atomic E-state index is 0.322. The normalized spacial score (nSPS) is 26.7. The van der Waals surface area contributed by atoms with Crippen molar-refractivity contribution in [1.29, 1.82) is 0 Å². The average molecular weight is 212 g/mol. The predicted octanol–water partition coefficient (Wildman–Crippen LogP) is 1.90. The fourth-order valence-corrected chi connectivity index (χ4v) is 2.46. The van der Waals surface area contributed by atoms with Gasteiger partial charge in [0.2, 0.25) is 5.91 Å². The number of likely N-dealkylation sites (tertiary alicyclic amines) is 1. The Morgan fingerprint density at radius 3 is 2.40 bits per heavy atom. The van der Waals surface area contributed by atoms with E-state index < -0.39 is 0 Å². The summed E-state index contributed by atoms with van der Waals surface area (Å²) in [5.41, 5.74) is 5.42. The van der Waals surface area contributed by atoms with Gasteiger partial charge in [0, 0.05) is 18.5 Å². The molecule has 88 valence electrons. The van der Waals surface area contributed by atoms with E-state index in [9.17, 15) is 4.79 Å². The number of unbranched alkanes of at least 4 members (excludes halogenated alkanes) is 1. The number of piperidine rings is 1. The zero-order valence-corrected chi connectivity index (χ0v) is 10.0. The lowest BCUT2D eigenvalue weighted by Crippen LogP contribution is -2.47. The van der Waals surface area contributed by atoms with Crippen molar-refractivity contribution in [3.8, 4) is 0 Å². The van der Waals surface area contributed by atoms with Gasteiger partial charge in [-0.25, -0.2) is 0 Å². The van der Waals surface area contributed by atoms with Crippen molar-refractivity contribution in [2.75, 3.05) is 6.54 Å². The fourth-order valence-electron chi connectivity index (χ4n) is 2.46. The number of rotatable bonds is 4. The highest BCUT2D eigenvalue weighted by Crippen LogP contribution is 2.23. The lowest BCUT2D eigenvalue weighted by atomic mass is 9.97. The first kappa shape index (κ1) is 12.5. The monoisotopic (exact) mass is 212 g/mol. The molecule has 0 aliphatic carbocycles. The van der Waals surface area contributed by atoms with Crippen LogP contribution in [0, 0.1) is 0 Å². The SMILES string of the molecule is CC1CCCC(C)N1C(=O)CCCCN. The van der Waals surface area contributed by atoms with E-state index in [4.69, 9.17) is 5.73 Å². The summed E-state index contributed by atoms with van der Waals surface area (Å²) in [5.74, 6) is 0.322. The zero-order valence-electron chi connectivity index (χ0n) is 10.0. The standard InChI is InChI=1S/C12H24N2O/c1-10-6-5-7-11(2)14(10)12(15)8-3-4-9-13/h10-11H,3-9,13H2,1-2H3. The summed E-state index contributed by atoms with van der Waals surface area (Å²) >= 11 is 0. The number of carbonyl (C=O) groups is 1. The quantitative estimate of drug-likeness (QED) is 0.723. The molecule has 3 nitrogen and oxygen atoms in total. The Kier molecular flexibility index (Phi) is 5.09. The lowest BCUT2D eigenvalue weighted by molar-refractivity contribution is -0.137. The summed E-state index contributed by atoms with van der Waals surface area (Å²) in [4.78, 5) is 14.1. The molecular weight excluding hydrogens is 188 g/mol. The minimum Gasteiger partial charge on any atom is -0.337 e. The summed E-state index contributed by atoms with van der Waals surface area (Å²) in [6, 6.07) is 0.859. The van der Waals surface area contributed by atoms with E-state index in [0.29, 0.717) is 31.0 Å². The lowest BCUT2D eigenvalue weighted by Gasteiger charge is -2.39. The van der Waals surface area contributed by atoms with Crippen LogP contribution in [0.2, 0.25) is 0 Å². The second-order valence-electron chi connectivity index (χ2n) is 4.68. The van der Waals surface area contributed by atoms with Crippen molar-refractivity contribution in [2.45, 2.75) is 64.5 Å². The van der Waals surface area contributed by atoms with Crippen molar-refractivity contribution in [3.63, 3.8) is 0 Å². The average Bonchev–Trinajstić information content (AvgIpc) is 2.18. The third-order valence-electron chi connectivity index (χ3n) is 3.33. The first-order valence-electron chi connectivity index (χ1n) is 6.18. The highest BCUT2D eigenvalue weighted by molar-refractivity contribution is 5.76. The molecule has 0 spiro atoms. The number of amides is 1. The molecule has 3 heteroatoms. The third kappa shape index (κ3) is 3.49. The van der Waals surface area contributed by atoms with E-state index >= 15 is 0 Å². The topological polar surface area (TPSA) is 46.3 Å². The maximum Gasteiger partial charge on any atom is 0.223 e. The Bertz CT molecular complexity index is 196. The van der Waals surface area contributed by atoms with Crippen LogP contribution < -0.4 is 5.73 Å². The van der Waals surface area contributed by atoms with Gasteiger partial charge in [0.15, 0.2) is 0 Å². The fraction of sp³-hybridized carbons (Fsp3) is 0.917. The van der Waals surface area contributed by atoms with Gasteiger partial charge >= 0.3 is 0 Å². The summed E-state index contributed by atoms with van der Waals surface area (Å²) < 4.78 is 0. The molecule has 1 rings (SSSR count). The van der Waals surface area contributed by atoms with Gasteiger partial charge in [0.05, 0.1) is 0 Å². The molecule has 2 unspecified atom stereocenters. The molecular formula is C12H24N2O. The molecule has 0 aromatic carbocycles. The molecule has 1 saturated heterocycles. The number of hydrogen-bond donors (Lipinski definition) is 1. The summed E-state index contributed by atoms with van der Waals surface area (Å²) in [6.45, 7) is 5.02. The number of nitrogens with two attached hydrogens (primary N) is 1. The second kappa shape index (κ2) is 6.11. The maximum absolute atomic E-state index is 12.0. The molecule has 1 heterocycles. The van der Waals surface area contributed by atoms with Gasteiger partial charge in [-0.3, -0.25) is 4.79 Å². The molecule has 1 amide bonds. The van der Waals surface area contributed by atoms with Crippen LogP contribution in [0.3, 0.4) is 0 Å². The van der Waals surface area contributed by atoms with E-state index in [-0.39, 0.29) is 0 Å². The van der Waals surface area contributed by atoms with Crippen LogP contribution in [0.1, 0.15) is 52.4 Å². The van der Waals surface area contributed by atoms with E-state index in [1.165, 1.54) is 6.42 Å². The van der Waals surface area contributed by atoms with Crippen molar-refractivity contribution < 1.29 is 4.79 Å². The first-order chi connectivity index (χ1) is 7.16. The van der Waals surface area contributed by atoms with E-state index in [1.807, 2.05) is 0 Å². The van der Waals surface area contributed by atoms with Crippen LogP contribution in [0.25, 0.3) is 0 Å². The molecule has 15 heavy (non-hydrogen) atoms. The Balaban J connectivity index is 2.41. The Hall–Kier alpha value is -0.570. The van der Waals surface area contributed by atoms with Gasteiger partial charge in [0.1, 0.15) is 0 Å². The molecule has 1 aliphatic rings. The van der Waals surface area contributed by atoms with Crippen molar-refractivity contribution >= 4 is 5.91 Å². The van der Waals surface area contributed by atoms with Crippen molar-refractivity contribution in [3.05, 3.63) is 0 Å². The van der Waals surface area contributed by atoms with E-state index in [1.54, 1.807) is 0 Å². The predicted molar refractivity (Wildman–Crippen MR) is 62.5 cm³/mol. The molecule has 2 N–H and O–H groups in total. The van der Waals surface area contributed by atoms with Gasteiger partial charge < -0.3 is 10.6 Å². The zero-order chi connectivity index (χ0) is 11.3. The van der Waals surface area contributed by atoms with Crippen LogP contribution in [-0.4, -0.2) is 29.4 Å². The number of nitrogens with zero attached hydrogens (tertiary/aromatic N) is 1.